The van der Waals surface area contributed by atoms with Crippen LogP contribution in [0.5, 0.6) is 0 Å². The van der Waals surface area contributed by atoms with Crippen LogP contribution >= 0.6 is 34.0 Å². The van der Waals surface area contributed by atoms with Crippen LogP contribution in [0.1, 0.15) is 57.3 Å². The fourth-order valence-corrected chi connectivity index (χ4v) is 18.6. The van der Waals surface area contributed by atoms with Crippen molar-refractivity contribution < 1.29 is 50.9 Å². The smallest absolute Gasteiger partial charge is 0.224 e. The lowest BCUT2D eigenvalue weighted by Gasteiger charge is -2.08. The van der Waals surface area contributed by atoms with Crippen LogP contribution in [0.3, 0.4) is 0 Å². The molecule has 0 atom stereocenters. The average Bonchev–Trinajstić information content (AvgIpc) is 1.68. The Morgan fingerprint density at radius 3 is 1.16 bits per heavy atom. The zero-order valence-electron chi connectivity index (χ0n) is 70.1. The van der Waals surface area contributed by atoms with E-state index < -0.39 is 49.2 Å². The predicted molar refractivity (Wildman–Crippen MR) is 549 cm³/mol. The number of anilines is 6. The first-order valence-corrected chi connectivity index (χ1v) is 52.0. The Morgan fingerprint density at radius 2 is 0.733 bits per heavy atom. The highest BCUT2D eigenvalue weighted by atomic mass is 32.2. The maximum absolute atomic E-state index is 11.6. The first-order valence-electron chi connectivity index (χ1n) is 39.9. The molecule has 0 fully saturated rings. The Morgan fingerprint density at radius 1 is 0.341 bits per heavy atom. The molecule has 28 nitrogen and oxygen atoms in total. The first-order chi connectivity index (χ1) is 62.5. The molecule has 0 saturated heterocycles. The second-order valence-corrected chi connectivity index (χ2v) is 42.9. The average molecular weight is 1960 g/mol. The highest BCUT2D eigenvalue weighted by molar-refractivity contribution is 7.91. The first kappa shape index (κ1) is 101. The van der Waals surface area contributed by atoms with Crippen LogP contribution < -0.4 is 26.6 Å². The van der Waals surface area contributed by atoms with Crippen LogP contribution in [-0.4, -0.2) is 127 Å². The fraction of sp³-hybridized carbons (Fsp3) is 0.141. The second kappa shape index (κ2) is 44.1. The van der Waals surface area contributed by atoms with Gasteiger partial charge in [-0.3, -0.25) is 0 Å². The number of fused-ring (bicyclic) bond motifs is 5. The Bertz CT molecular complexity index is 7190. The maximum atomic E-state index is 11.6. The normalized spacial score (nSPS) is 11.3. The number of benzene rings is 6. The topological polar surface area (TPSA) is 367 Å². The molecule has 6 aromatic carbocycles. The van der Waals surface area contributed by atoms with Gasteiger partial charge in [0.25, 0.3) is 0 Å². The molecule has 0 aliphatic heterocycles. The number of para-hydroxylation sites is 1. The maximum Gasteiger partial charge on any atom is 0.224 e. The SMILES string of the molecule is C.C.C.C.C.CS(=O)(=O)c1ccc(-c2coc3ccc(Nc4ccccc4)nc23)cc1.CS(=O)(=O)c1ccc(-n2ccc3ccc(NCc4cccs4)nc32)cc1.CS(=O)(=O)c1ccc(-n2ccc3ccc(NCc4ccoc4)nc32)cc1.CS(=O)(=O)c1ccc(-n2ccc3cnc(NCc4cccs4)nc32)cc1.CS(=O)(=O)c1ccc(-n2ncc3ccc(NCc4cccs4)nc32)cc1. The van der Waals surface area contributed by atoms with Gasteiger partial charge >= 0.3 is 0 Å². The van der Waals surface area contributed by atoms with Crippen molar-refractivity contribution in [1.82, 2.24) is 53.4 Å². The van der Waals surface area contributed by atoms with Gasteiger partial charge in [-0.25, -0.2) is 71.7 Å². The van der Waals surface area contributed by atoms with E-state index >= 15 is 0 Å². The zero-order chi connectivity index (χ0) is 90.7. The Hall–Kier alpha value is -14.2. The molecule has 0 radical (unpaired) electrons. The van der Waals surface area contributed by atoms with Gasteiger partial charge in [0.15, 0.2) is 60.4 Å². The van der Waals surface area contributed by atoms with E-state index in [2.05, 4.69) is 80.2 Å². The molecule has 0 aliphatic rings. The lowest BCUT2D eigenvalue weighted by Crippen LogP contribution is -2.03. The minimum absolute atomic E-state index is 0. The summed E-state index contributed by atoms with van der Waals surface area (Å²) in [5.41, 5.74) is 11.5. The van der Waals surface area contributed by atoms with Crippen LogP contribution in [0.2, 0.25) is 0 Å². The van der Waals surface area contributed by atoms with E-state index in [1.165, 1.54) is 45.9 Å². The van der Waals surface area contributed by atoms with Crippen LogP contribution in [0.25, 0.3) is 89.1 Å². The number of aromatic nitrogens is 11. The van der Waals surface area contributed by atoms with Gasteiger partial charge in [0.2, 0.25) is 5.95 Å². The monoisotopic (exact) mass is 1960 g/mol. The van der Waals surface area contributed by atoms with Crippen LogP contribution in [-0.2, 0) is 75.4 Å². The predicted octanol–water partition coefficient (Wildman–Crippen LogP) is 22.6. The molecule has 135 heavy (non-hydrogen) atoms. The summed E-state index contributed by atoms with van der Waals surface area (Å²) >= 11 is 5.08. The van der Waals surface area contributed by atoms with E-state index in [-0.39, 0.29) is 46.9 Å². The van der Waals surface area contributed by atoms with Gasteiger partial charge in [0, 0.05) is 133 Å². The van der Waals surface area contributed by atoms with Crippen molar-refractivity contribution in [3.05, 3.63) is 347 Å². The summed E-state index contributed by atoms with van der Waals surface area (Å²) in [6.07, 6.45) is 20.3. The van der Waals surface area contributed by atoms with Crippen molar-refractivity contribution in [3.63, 3.8) is 0 Å². The fourth-order valence-electron chi connectivity index (χ4n) is 13.5. The molecular formula is C99H102N16O12S8. The number of hydrogen-bond acceptors (Lipinski definition) is 27. The highest BCUT2D eigenvalue weighted by Crippen LogP contribution is 2.34. The van der Waals surface area contributed by atoms with Gasteiger partial charge in [-0.1, -0.05) is 85.7 Å². The number of nitrogens with one attached hydrogen (secondary N) is 5. The molecule has 36 heteroatoms. The number of hydrogen-bond donors (Lipinski definition) is 5. The molecule has 0 saturated carbocycles. The molecule has 0 bridgehead atoms. The van der Waals surface area contributed by atoms with Crippen molar-refractivity contribution in [3.8, 4) is 33.9 Å². The van der Waals surface area contributed by atoms with E-state index in [1.807, 2.05) is 164 Å². The molecule has 0 aliphatic carbocycles. The third-order valence-electron chi connectivity index (χ3n) is 20.2. The summed E-state index contributed by atoms with van der Waals surface area (Å²) in [5.74, 6) is 3.59. The minimum Gasteiger partial charge on any atom is -0.472 e. The number of sulfone groups is 5. The lowest BCUT2D eigenvalue weighted by molar-refractivity contribution is 0.564. The van der Waals surface area contributed by atoms with Gasteiger partial charge in [0.1, 0.15) is 52.0 Å². The van der Waals surface area contributed by atoms with Crippen molar-refractivity contribution in [2.45, 2.75) is 87.8 Å². The van der Waals surface area contributed by atoms with E-state index in [0.29, 0.717) is 57.3 Å². The molecule has 20 rings (SSSR count). The van der Waals surface area contributed by atoms with Crippen molar-refractivity contribution >= 4 is 173 Å². The molecule has 0 amide bonds. The Labute approximate surface area is 797 Å². The molecule has 14 aromatic heterocycles. The van der Waals surface area contributed by atoms with E-state index in [4.69, 9.17) is 13.8 Å². The van der Waals surface area contributed by atoms with Gasteiger partial charge in [-0.2, -0.15) is 10.1 Å². The van der Waals surface area contributed by atoms with E-state index in [9.17, 15) is 42.1 Å². The van der Waals surface area contributed by atoms with Crippen LogP contribution in [0, 0.1) is 0 Å². The summed E-state index contributed by atoms with van der Waals surface area (Å²) in [4.78, 5) is 32.8. The molecule has 0 spiro atoms. The second-order valence-electron chi connectivity index (χ2n) is 29.7. The molecule has 14 heterocycles. The van der Waals surface area contributed by atoms with Gasteiger partial charge in [-0.05, 0) is 234 Å². The summed E-state index contributed by atoms with van der Waals surface area (Å²) in [7, 11) is -16.1. The molecular weight excluding hydrogens is 1860 g/mol. The number of thiophene rings is 3. The van der Waals surface area contributed by atoms with Crippen molar-refractivity contribution in [2.75, 3.05) is 57.9 Å². The summed E-state index contributed by atoms with van der Waals surface area (Å²) in [5, 5.41) is 30.8. The molecule has 20 aromatic rings. The number of nitrogens with zero attached hydrogens (tertiary/aromatic N) is 11. The summed E-state index contributed by atoms with van der Waals surface area (Å²) in [6.45, 7) is 2.75. The van der Waals surface area contributed by atoms with Crippen molar-refractivity contribution in [1.29, 1.82) is 0 Å². The van der Waals surface area contributed by atoms with Gasteiger partial charge in [0.05, 0.1) is 68.5 Å². The van der Waals surface area contributed by atoms with E-state index in [1.54, 1.807) is 191 Å². The summed E-state index contributed by atoms with van der Waals surface area (Å²) in [6, 6.07) is 79.1. The minimum atomic E-state index is -3.22. The van der Waals surface area contributed by atoms with Crippen LogP contribution in [0.15, 0.2) is 360 Å². The van der Waals surface area contributed by atoms with Gasteiger partial charge in [-0.15, -0.1) is 34.0 Å². The molecule has 5 N–H and O–H groups in total. The number of furan rings is 2. The quantitative estimate of drug-likeness (QED) is 0.0375. The highest BCUT2D eigenvalue weighted by Gasteiger charge is 2.19. The standard InChI is InChI=1S/C20H16N2O3S.C19H17N3O3S.C19H17N3O2S2.2C18H16N4O2S2.5CH4/c1-26(23,24)16-9-7-14(8-10-16)17-13-25-18-11-12-19(22-20(17)18)21-15-5-3-2-4-6-15;1-26(23,24)17-5-3-16(4-6-17)22-10-8-15-2-7-18(21-19(15)22)20-12-14-9-11-25-13-14;1-26(23,24)17-7-5-15(6-8-17)22-11-10-14-4-9-18(21-19(14)22)20-13-16-3-2-12-25-16;1-26(23,24)16-7-5-14(6-8-16)22-18-13(11-20-22)4-9-17(21-18)19-12-15-3-2-10-25-15;1-26(23,24)16-6-4-14(5-7-16)22-9-8-13-11-19-18(21-17(13)22)20-12-15-3-2-10-25-15;;;;;/h2-13H,1H3,(H,21,22);2-11,13H,12H2,1H3,(H,20,21);2-12H,13H2,1H3,(H,20,21);2-11H,12H2,1H3,(H,19,21);2-11H,12H2,1H3,(H,19,20,21);5*1H4. The number of pyridine rings is 4. The Balaban J connectivity index is 0.000000161. The molecule has 698 valence electrons. The van der Waals surface area contributed by atoms with Crippen molar-refractivity contribution in [2.24, 2.45) is 0 Å². The molecule has 0 unspecified atom stereocenters. The zero-order valence-corrected chi connectivity index (χ0v) is 76.6. The van der Waals surface area contributed by atoms with Crippen LogP contribution in [0.4, 0.5) is 34.9 Å². The number of rotatable bonds is 24. The Kier molecular flexibility index (Phi) is 33.1. The van der Waals surface area contributed by atoms with Gasteiger partial charge < -0.3 is 49.1 Å². The van der Waals surface area contributed by atoms with E-state index in [0.717, 1.165) is 113 Å². The summed E-state index contributed by atoms with van der Waals surface area (Å²) < 4.78 is 134. The third kappa shape index (κ3) is 25.4. The lowest BCUT2D eigenvalue weighted by atomic mass is 10.1. The third-order valence-corrected chi connectivity index (χ3v) is 28.5. The largest absolute Gasteiger partial charge is 0.472 e.